The Balaban J connectivity index is 1.44. The summed E-state index contributed by atoms with van der Waals surface area (Å²) in [4.78, 5) is 31.4. The van der Waals surface area contributed by atoms with Crippen LogP contribution >= 0.6 is 27.3 Å². The minimum absolute atomic E-state index is 0.0712. The van der Waals surface area contributed by atoms with Crippen molar-refractivity contribution in [1.82, 2.24) is 10.3 Å². The van der Waals surface area contributed by atoms with Gasteiger partial charge in [0.25, 0.3) is 11.8 Å². The molecule has 1 aliphatic rings. The molecule has 0 saturated heterocycles. The number of carbonyl (C=O) groups is 2. The number of thiazole rings is 1. The van der Waals surface area contributed by atoms with E-state index < -0.39 is 6.04 Å². The van der Waals surface area contributed by atoms with E-state index in [1.807, 2.05) is 42.5 Å². The number of amides is 2. The van der Waals surface area contributed by atoms with E-state index in [0.29, 0.717) is 23.6 Å². The third kappa shape index (κ3) is 4.33. The smallest absolute Gasteiger partial charge is 0.271 e. The summed E-state index contributed by atoms with van der Waals surface area (Å²) in [5.41, 5.74) is 2.10. The molecular formula is C21H18BrN3O3S. The van der Waals surface area contributed by atoms with Gasteiger partial charge in [-0.2, -0.15) is 0 Å². The van der Waals surface area contributed by atoms with Crippen LogP contribution in [0.2, 0.25) is 0 Å². The van der Waals surface area contributed by atoms with Crippen LogP contribution < -0.4 is 15.0 Å². The highest BCUT2D eigenvalue weighted by molar-refractivity contribution is 9.10. The number of hydrogen-bond donors (Lipinski definition) is 1. The number of anilines is 1. The van der Waals surface area contributed by atoms with Gasteiger partial charge in [0.2, 0.25) is 0 Å². The van der Waals surface area contributed by atoms with Gasteiger partial charge in [0.15, 0.2) is 0 Å². The maximum atomic E-state index is 12.8. The van der Waals surface area contributed by atoms with E-state index in [0.717, 1.165) is 15.0 Å². The van der Waals surface area contributed by atoms with E-state index in [2.05, 4.69) is 26.2 Å². The number of nitrogens with one attached hydrogen (secondary N) is 1. The van der Waals surface area contributed by atoms with Gasteiger partial charge in [-0.25, -0.2) is 4.98 Å². The Morgan fingerprint density at radius 3 is 2.83 bits per heavy atom. The molecule has 6 nitrogen and oxygen atoms in total. The fraction of sp³-hybridized carbons (Fsp3) is 0.190. The molecule has 2 aromatic carbocycles. The molecule has 3 aromatic rings. The van der Waals surface area contributed by atoms with Gasteiger partial charge in [-0.15, -0.1) is 11.3 Å². The van der Waals surface area contributed by atoms with Crippen molar-refractivity contribution in [2.45, 2.75) is 12.5 Å². The molecule has 29 heavy (non-hydrogen) atoms. The van der Waals surface area contributed by atoms with Crippen LogP contribution in [0, 0.1) is 0 Å². The van der Waals surface area contributed by atoms with Crippen molar-refractivity contribution in [3.63, 3.8) is 0 Å². The van der Waals surface area contributed by atoms with Gasteiger partial charge in [0.05, 0.1) is 10.7 Å². The second-order valence-electron chi connectivity index (χ2n) is 6.63. The van der Waals surface area contributed by atoms with Crippen molar-refractivity contribution in [3.05, 3.63) is 74.6 Å². The molecule has 1 aromatic heterocycles. The zero-order valence-corrected chi connectivity index (χ0v) is 18.0. The van der Waals surface area contributed by atoms with Crippen molar-refractivity contribution in [1.29, 1.82) is 0 Å². The van der Waals surface area contributed by atoms with Crippen molar-refractivity contribution in [2.75, 3.05) is 18.6 Å². The first-order chi connectivity index (χ1) is 14.0. The molecular weight excluding hydrogens is 454 g/mol. The average molecular weight is 472 g/mol. The third-order valence-electron chi connectivity index (χ3n) is 4.62. The minimum Gasteiger partial charge on any atom is -0.489 e. The predicted molar refractivity (Wildman–Crippen MR) is 116 cm³/mol. The monoisotopic (exact) mass is 471 g/mol. The summed E-state index contributed by atoms with van der Waals surface area (Å²) in [6.07, 6.45) is 0.648. The van der Waals surface area contributed by atoms with Gasteiger partial charge in [0.1, 0.15) is 24.1 Å². The van der Waals surface area contributed by atoms with Gasteiger partial charge >= 0.3 is 0 Å². The molecule has 1 N–H and O–H groups in total. The molecule has 2 amide bonds. The number of halogens is 1. The summed E-state index contributed by atoms with van der Waals surface area (Å²) >= 11 is 4.84. The highest BCUT2D eigenvalue weighted by Gasteiger charge is 2.31. The topological polar surface area (TPSA) is 71.5 Å². The lowest BCUT2D eigenvalue weighted by atomic mass is 10.2. The maximum Gasteiger partial charge on any atom is 0.271 e. The van der Waals surface area contributed by atoms with E-state index in [1.165, 1.54) is 16.2 Å². The number of carbonyl (C=O) groups excluding carboxylic acids is 2. The van der Waals surface area contributed by atoms with E-state index in [1.54, 1.807) is 18.5 Å². The van der Waals surface area contributed by atoms with E-state index >= 15 is 0 Å². The van der Waals surface area contributed by atoms with Gasteiger partial charge in [-0.3, -0.25) is 9.59 Å². The molecule has 4 rings (SSSR count). The Labute approximate surface area is 180 Å². The first-order valence-electron chi connectivity index (χ1n) is 9.00. The van der Waals surface area contributed by atoms with Gasteiger partial charge in [0, 0.05) is 23.3 Å². The molecule has 2 heterocycles. The number of nitrogens with zero attached hydrogens (tertiary/aromatic N) is 2. The van der Waals surface area contributed by atoms with Gasteiger partial charge in [-0.1, -0.05) is 40.2 Å². The number of benzene rings is 2. The summed E-state index contributed by atoms with van der Waals surface area (Å²) in [6, 6.07) is 14.5. The molecule has 0 radical (unpaired) electrons. The Hall–Kier alpha value is -2.71. The average Bonchev–Trinajstić information content (AvgIpc) is 3.16. The van der Waals surface area contributed by atoms with E-state index in [4.69, 9.17) is 4.74 Å². The molecule has 1 aliphatic heterocycles. The number of hydrogen-bond acceptors (Lipinski definition) is 5. The van der Waals surface area contributed by atoms with Crippen LogP contribution in [0.1, 0.15) is 21.1 Å². The van der Waals surface area contributed by atoms with E-state index in [9.17, 15) is 9.59 Å². The molecule has 0 unspecified atom stereocenters. The summed E-state index contributed by atoms with van der Waals surface area (Å²) in [5.74, 6) is 0.00349. The van der Waals surface area contributed by atoms with Crippen LogP contribution in [-0.2, 0) is 11.2 Å². The normalized spacial score (nSPS) is 16.0. The number of ether oxygens (including phenoxy) is 1. The van der Waals surface area contributed by atoms with Crippen LogP contribution in [0.15, 0.2) is 58.4 Å². The van der Waals surface area contributed by atoms with Crippen LogP contribution in [0.4, 0.5) is 5.69 Å². The standard InChI is InChI=1S/C21H18BrN3O3S/c1-25-17-4-2-3-5-18(17)28-11-15(21(25)27)24-20(26)16-12-29-19(23-16)10-13-6-8-14(22)9-7-13/h2-9,12,15H,10-11H2,1H3,(H,24,26)/t15-/m0/s1. The van der Waals surface area contributed by atoms with Crippen LogP contribution in [-0.4, -0.2) is 36.5 Å². The second kappa shape index (κ2) is 8.34. The number of likely N-dealkylation sites (N-methyl/N-ethyl adjacent to an activating group) is 1. The Kier molecular flexibility index (Phi) is 5.64. The second-order valence-corrected chi connectivity index (χ2v) is 8.49. The third-order valence-corrected chi connectivity index (χ3v) is 6.00. The lowest BCUT2D eigenvalue weighted by Gasteiger charge is -2.20. The van der Waals surface area contributed by atoms with Crippen molar-refractivity contribution < 1.29 is 14.3 Å². The molecule has 148 valence electrons. The number of fused-ring (bicyclic) bond motifs is 1. The largest absolute Gasteiger partial charge is 0.489 e. The molecule has 0 bridgehead atoms. The molecule has 8 heteroatoms. The van der Waals surface area contributed by atoms with Crippen LogP contribution in [0.5, 0.6) is 5.75 Å². The molecule has 0 fully saturated rings. The maximum absolute atomic E-state index is 12.8. The highest BCUT2D eigenvalue weighted by atomic mass is 79.9. The zero-order valence-electron chi connectivity index (χ0n) is 15.6. The summed E-state index contributed by atoms with van der Waals surface area (Å²) in [6.45, 7) is 0.0712. The molecule has 1 atom stereocenters. The zero-order chi connectivity index (χ0) is 20.4. The summed E-state index contributed by atoms with van der Waals surface area (Å²) in [5, 5.41) is 5.31. The SMILES string of the molecule is CN1C(=O)[C@@H](NC(=O)c2csc(Cc3ccc(Br)cc3)n2)COc2ccccc21. The minimum atomic E-state index is -0.781. The lowest BCUT2D eigenvalue weighted by molar-refractivity contribution is -0.120. The van der Waals surface area contributed by atoms with Crippen molar-refractivity contribution in [3.8, 4) is 5.75 Å². The van der Waals surface area contributed by atoms with Crippen molar-refractivity contribution in [2.24, 2.45) is 0 Å². The predicted octanol–water partition coefficient (Wildman–Crippen LogP) is 3.65. The molecule has 0 saturated carbocycles. The van der Waals surface area contributed by atoms with Gasteiger partial charge in [-0.05, 0) is 29.8 Å². The summed E-state index contributed by atoms with van der Waals surface area (Å²) < 4.78 is 6.75. The number of aromatic nitrogens is 1. The Morgan fingerprint density at radius 1 is 1.28 bits per heavy atom. The number of rotatable bonds is 4. The summed E-state index contributed by atoms with van der Waals surface area (Å²) in [7, 11) is 1.67. The first kappa shape index (κ1) is 19.6. The highest BCUT2D eigenvalue weighted by Crippen LogP contribution is 2.30. The molecule has 0 spiro atoms. The Bertz CT molecular complexity index is 1050. The lowest BCUT2D eigenvalue weighted by Crippen LogP contribution is -2.49. The fourth-order valence-corrected chi connectivity index (χ4v) is 4.13. The van der Waals surface area contributed by atoms with Crippen LogP contribution in [0.3, 0.4) is 0 Å². The fourth-order valence-electron chi connectivity index (χ4n) is 3.06. The van der Waals surface area contributed by atoms with Crippen molar-refractivity contribution >= 4 is 44.8 Å². The first-order valence-corrected chi connectivity index (χ1v) is 10.7. The van der Waals surface area contributed by atoms with E-state index in [-0.39, 0.29) is 18.4 Å². The van der Waals surface area contributed by atoms with Gasteiger partial charge < -0.3 is 15.0 Å². The number of para-hydroxylation sites is 2. The Morgan fingerprint density at radius 2 is 2.03 bits per heavy atom. The van der Waals surface area contributed by atoms with Crippen LogP contribution in [0.25, 0.3) is 0 Å². The quantitative estimate of drug-likeness (QED) is 0.630. The molecule has 0 aliphatic carbocycles.